The van der Waals surface area contributed by atoms with Gasteiger partial charge in [-0.15, -0.1) is 0 Å². The highest BCUT2D eigenvalue weighted by Gasteiger charge is 2.22. The van der Waals surface area contributed by atoms with E-state index < -0.39 is 14.9 Å². The number of nitrogens with one attached hydrogen (secondary N) is 1. The molecule has 0 aliphatic rings. The number of rotatable bonds is 10. The molecule has 10 heteroatoms. The van der Waals surface area contributed by atoms with Crippen LogP contribution in [0.1, 0.15) is 27.0 Å². The second-order valence-electron chi connectivity index (χ2n) is 8.12. The number of sulfonamides is 1. The maximum Gasteiger partial charge on any atom is 0.271 e. The van der Waals surface area contributed by atoms with Crippen molar-refractivity contribution in [2.45, 2.75) is 20.4 Å². The van der Waals surface area contributed by atoms with Crippen LogP contribution in [0.3, 0.4) is 0 Å². The summed E-state index contributed by atoms with van der Waals surface area (Å²) in [7, 11) is -3.73. The molecule has 1 amide bonds. The van der Waals surface area contributed by atoms with E-state index in [1.54, 1.807) is 31.2 Å². The molecule has 0 radical (unpaired) electrons. The summed E-state index contributed by atoms with van der Waals surface area (Å²) in [5.74, 6) is 0.455. The van der Waals surface area contributed by atoms with Crippen LogP contribution >= 0.6 is 0 Å². The fourth-order valence-electron chi connectivity index (χ4n) is 3.43. The van der Waals surface area contributed by atoms with E-state index in [-0.39, 0.29) is 23.8 Å². The molecule has 35 heavy (non-hydrogen) atoms. The molecule has 0 atom stereocenters. The summed E-state index contributed by atoms with van der Waals surface area (Å²) in [4.78, 5) is 23.0. The first-order valence-corrected chi connectivity index (χ1v) is 12.7. The average molecular weight is 498 g/mol. The van der Waals surface area contributed by atoms with E-state index in [1.165, 1.54) is 18.2 Å². The van der Waals surface area contributed by atoms with Crippen LogP contribution in [0.15, 0.2) is 66.7 Å². The number of nitro groups is 1. The number of nitro benzene ring substituents is 1. The number of hydrogen-bond acceptors (Lipinski definition) is 6. The zero-order valence-corrected chi connectivity index (χ0v) is 20.5. The third-order valence-corrected chi connectivity index (χ3v) is 6.39. The first kappa shape index (κ1) is 25.7. The quantitative estimate of drug-likeness (QED) is 0.257. The number of nitrogens with zero attached hydrogens (tertiary/aromatic N) is 2. The van der Waals surface area contributed by atoms with Crippen LogP contribution in [0.5, 0.6) is 5.75 Å². The molecule has 1 N–H and O–H groups in total. The van der Waals surface area contributed by atoms with Crippen molar-refractivity contribution in [3.8, 4) is 5.75 Å². The van der Waals surface area contributed by atoms with E-state index >= 15 is 0 Å². The van der Waals surface area contributed by atoms with Gasteiger partial charge < -0.3 is 10.1 Å². The predicted octanol–water partition coefficient (Wildman–Crippen LogP) is 3.99. The van der Waals surface area contributed by atoms with Gasteiger partial charge in [-0.2, -0.15) is 0 Å². The Bertz CT molecular complexity index is 1320. The van der Waals surface area contributed by atoms with Crippen LogP contribution in [-0.2, 0) is 16.6 Å². The molecule has 0 spiro atoms. The highest BCUT2D eigenvalue weighted by atomic mass is 32.2. The Morgan fingerprint density at radius 3 is 2.40 bits per heavy atom. The maximum atomic E-state index is 12.5. The molecule has 184 valence electrons. The fraction of sp³-hybridized carbons (Fsp3) is 0.240. The van der Waals surface area contributed by atoms with Crippen LogP contribution < -0.4 is 14.4 Å². The Labute approximate surface area is 204 Å². The molecule has 0 heterocycles. The lowest BCUT2D eigenvalue weighted by Crippen LogP contribution is -2.30. The van der Waals surface area contributed by atoms with E-state index in [4.69, 9.17) is 4.74 Å². The van der Waals surface area contributed by atoms with Gasteiger partial charge in [0, 0.05) is 17.7 Å². The molecule has 0 aliphatic heterocycles. The molecule has 0 fully saturated rings. The van der Waals surface area contributed by atoms with Crippen molar-refractivity contribution in [2.75, 3.05) is 23.7 Å². The molecule has 0 saturated heterocycles. The summed E-state index contributed by atoms with van der Waals surface area (Å²) >= 11 is 0. The normalized spacial score (nSPS) is 11.1. The average Bonchev–Trinajstić information content (AvgIpc) is 2.80. The lowest BCUT2D eigenvalue weighted by molar-refractivity contribution is -0.384. The lowest BCUT2D eigenvalue weighted by atomic mass is 10.1. The van der Waals surface area contributed by atoms with Gasteiger partial charge in [0.15, 0.2) is 0 Å². The van der Waals surface area contributed by atoms with E-state index in [1.807, 2.05) is 31.2 Å². The molecule has 3 rings (SSSR count). The standard InChI is InChI=1S/C25H27N3O6S/c1-18-5-4-6-23(15-18)34-14-13-26-25(29)21-10-8-20(9-11-21)17-27(35(3,32)33)24-16-22(28(30)31)12-7-19(24)2/h4-12,15-16H,13-14,17H2,1-3H3,(H,26,29). The highest BCUT2D eigenvalue weighted by molar-refractivity contribution is 7.92. The largest absolute Gasteiger partial charge is 0.492 e. The zero-order valence-electron chi connectivity index (χ0n) is 19.7. The molecular weight excluding hydrogens is 470 g/mol. The molecule has 0 saturated carbocycles. The molecule has 3 aromatic carbocycles. The smallest absolute Gasteiger partial charge is 0.271 e. The van der Waals surface area contributed by atoms with Gasteiger partial charge >= 0.3 is 0 Å². The van der Waals surface area contributed by atoms with Gasteiger partial charge in [-0.25, -0.2) is 8.42 Å². The van der Waals surface area contributed by atoms with Gasteiger partial charge in [0.05, 0.1) is 30.0 Å². The van der Waals surface area contributed by atoms with Crippen molar-refractivity contribution < 1.29 is 22.9 Å². The van der Waals surface area contributed by atoms with Crippen LogP contribution in [0, 0.1) is 24.0 Å². The van der Waals surface area contributed by atoms with Crippen molar-refractivity contribution in [3.05, 3.63) is 99.1 Å². The number of benzene rings is 3. The van der Waals surface area contributed by atoms with Gasteiger partial charge in [0.1, 0.15) is 12.4 Å². The Morgan fingerprint density at radius 2 is 1.77 bits per heavy atom. The summed E-state index contributed by atoms with van der Waals surface area (Å²) in [6.45, 7) is 4.26. The van der Waals surface area contributed by atoms with Crippen molar-refractivity contribution in [1.82, 2.24) is 5.32 Å². The lowest BCUT2D eigenvalue weighted by Gasteiger charge is -2.24. The minimum Gasteiger partial charge on any atom is -0.492 e. The number of non-ortho nitro benzene ring substituents is 1. The van der Waals surface area contributed by atoms with Crippen LogP contribution in [0.4, 0.5) is 11.4 Å². The second-order valence-corrected chi connectivity index (χ2v) is 10.0. The SMILES string of the molecule is Cc1cccc(OCCNC(=O)c2ccc(CN(c3cc([N+](=O)[O-])ccc3C)S(C)(=O)=O)cc2)c1. The number of carbonyl (C=O) groups excluding carboxylic acids is 1. The molecule has 0 unspecified atom stereocenters. The summed E-state index contributed by atoms with van der Waals surface area (Å²) in [6.07, 6.45) is 1.05. The Morgan fingerprint density at radius 1 is 1.06 bits per heavy atom. The van der Waals surface area contributed by atoms with E-state index in [0.717, 1.165) is 21.9 Å². The van der Waals surface area contributed by atoms with Crippen molar-refractivity contribution in [1.29, 1.82) is 0 Å². The first-order chi connectivity index (χ1) is 16.5. The van der Waals surface area contributed by atoms with Crippen LogP contribution in [-0.4, -0.2) is 38.7 Å². The van der Waals surface area contributed by atoms with Gasteiger partial charge in [0.2, 0.25) is 10.0 Å². The molecule has 0 aliphatic carbocycles. The molecule has 0 aromatic heterocycles. The molecular formula is C25H27N3O6S. The summed E-state index contributed by atoms with van der Waals surface area (Å²) in [5, 5.41) is 14.0. The molecule has 0 bridgehead atoms. The summed E-state index contributed by atoms with van der Waals surface area (Å²) < 4.78 is 31.7. The fourth-order valence-corrected chi connectivity index (χ4v) is 4.37. The topological polar surface area (TPSA) is 119 Å². The predicted molar refractivity (Wildman–Crippen MR) is 134 cm³/mol. The number of carbonyl (C=O) groups is 1. The highest BCUT2D eigenvalue weighted by Crippen LogP contribution is 2.29. The van der Waals surface area contributed by atoms with Crippen molar-refractivity contribution in [2.24, 2.45) is 0 Å². The third kappa shape index (κ3) is 7.03. The molecule has 9 nitrogen and oxygen atoms in total. The Hall–Kier alpha value is -3.92. The Balaban J connectivity index is 1.65. The first-order valence-electron chi connectivity index (χ1n) is 10.8. The minimum absolute atomic E-state index is 0.0347. The monoisotopic (exact) mass is 497 g/mol. The van der Waals surface area contributed by atoms with Crippen LogP contribution in [0.2, 0.25) is 0 Å². The van der Waals surface area contributed by atoms with Crippen molar-refractivity contribution >= 4 is 27.3 Å². The maximum absolute atomic E-state index is 12.5. The summed E-state index contributed by atoms with van der Waals surface area (Å²) in [6, 6.07) is 18.2. The second kappa shape index (κ2) is 11.0. The third-order valence-electron chi connectivity index (χ3n) is 5.26. The minimum atomic E-state index is -3.73. The van der Waals surface area contributed by atoms with Gasteiger partial charge in [0.25, 0.3) is 11.6 Å². The number of hydrogen-bond donors (Lipinski definition) is 1. The van der Waals surface area contributed by atoms with E-state index in [0.29, 0.717) is 29.8 Å². The van der Waals surface area contributed by atoms with E-state index in [9.17, 15) is 23.3 Å². The summed E-state index contributed by atoms with van der Waals surface area (Å²) in [5.41, 5.74) is 2.75. The van der Waals surface area contributed by atoms with Crippen LogP contribution in [0.25, 0.3) is 0 Å². The van der Waals surface area contributed by atoms with E-state index in [2.05, 4.69) is 5.32 Å². The molecule has 3 aromatic rings. The number of amides is 1. The number of anilines is 1. The van der Waals surface area contributed by atoms with Gasteiger partial charge in [-0.1, -0.05) is 30.3 Å². The van der Waals surface area contributed by atoms with Gasteiger partial charge in [-0.3, -0.25) is 19.2 Å². The van der Waals surface area contributed by atoms with Gasteiger partial charge in [-0.05, 0) is 54.8 Å². The number of aryl methyl sites for hydroxylation is 2. The Kier molecular flexibility index (Phi) is 8.08. The number of ether oxygens (including phenoxy) is 1. The van der Waals surface area contributed by atoms with Crippen molar-refractivity contribution in [3.63, 3.8) is 0 Å². The zero-order chi connectivity index (χ0) is 25.6.